The van der Waals surface area contributed by atoms with Gasteiger partial charge in [-0.15, -0.1) is 0 Å². The van der Waals surface area contributed by atoms with Crippen LogP contribution in [0.1, 0.15) is 57.2 Å². The number of hydrogen-bond donors (Lipinski definition) is 0. The van der Waals surface area contributed by atoms with Crippen LogP contribution in [-0.4, -0.2) is 3.21 Å². The van der Waals surface area contributed by atoms with Gasteiger partial charge in [-0.1, -0.05) is 0 Å². The average molecular weight is 656 g/mol. The summed E-state index contributed by atoms with van der Waals surface area (Å²) in [6.45, 7) is 9.51. The molecule has 0 saturated carbocycles. The van der Waals surface area contributed by atoms with Crippen molar-refractivity contribution >= 4 is 12.1 Å². The minimum Gasteiger partial charge on any atom is -1.00 e. The third-order valence-electron chi connectivity index (χ3n) is 8.92. The number of fused-ring (bicyclic) bond motifs is 2. The molecule has 207 valence electrons. The molecule has 0 N–H and O–H groups in total. The van der Waals surface area contributed by atoms with E-state index in [0.717, 1.165) is 19.3 Å². The zero-order valence-corrected chi connectivity index (χ0v) is 28.3. The van der Waals surface area contributed by atoms with Crippen LogP contribution in [-0.2, 0) is 29.2 Å². The van der Waals surface area contributed by atoms with Crippen molar-refractivity contribution in [1.82, 2.24) is 0 Å². The van der Waals surface area contributed by atoms with E-state index >= 15 is 0 Å². The summed E-state index contributed by atoms with van der Waals surface area (Å²) in [6.07, 6.45) is 15.3. The van der Waals surface area contributed by atoms with E-state index in [9.17, 15) is 0 Å². The second-order valence-corrected chi connectivity index (χ2v) is 14.3. The van der Waals surface area contributed by atoms with E-state index in [1.807, 2.05) is 0 Å². The normalized spacial score (nSPS) is 18.4. The van der Waals surface area contributed by atoms with Crippen LogP contribution in [0.25, 0.3) is 8.85 Å². The van der Waals surface area contributed by atoms with Crippen molar-refractivity contribution in [1.29, 1.82) is 0 Å². The van der Waals surface area contributed by atoms with Gasteiger partial charge in [0, 0.05) is 0 Å². The summed E-state index contributed by atoms with van der Waals surface area (Å²) in [5.41, 5.74) is 10.4. The number of benzene rings is 3. The Balaban J connectivity index is 0.00000194. The summed E-state index contributed by atoms with van der Waals surface area (Å²) in [4.78, 5) is 0. The van der Waals surface area contributed by atoms with Gasteiger partial charge < -0.3 is 24.8 Å². The van der Waals surface area contributed by atoms with E-state index in [4.69, 9.17) is 0 Å². The second kappa shape index (κ2) is 13.3. The Labute approximate surface area is 269 Å². The van der Waals surface area contributed by atoms with Gasteiger partial charge in [-0.25, -0.2) is 0 Å². The first-order valence-electron chi connectivity index (χ1n) is 14.5. The minimum atomic E-state index is -1.25. The van der Waals surface area contributed by atoms with Gasteiger partial charge in [-0.2, -0.15) is 0 Å². The van der Waals surface area contributed by atoms with E-state index in [1.165, 1.54) is 38.3 Å². The zero-order valence-electron chi connectivity index (χ0n) is 24.3. The van der Waals surface area contributed by atoms with Crippen molar-refractivity contribution in [2.75, 3.05) is 0 Å². The van der Waals surface area contributed by atoms with Crippen molar-refractivity contribution < 1.29 is 47.6 Å². The van der Waals surface area contributed by atoms with Crippen LogP contribution in [0.5, 0.6) is 0 Å². The SMILES string of the molecule is CCc1ccc2c(c1)=[C]([Zr+2]=[C](c1ccccc1)c1ccccc1)C1=C(C3=CC=CC3)C(CC)(C(C)C)C=CC=21.[Cl-].[Cl-]. The number of allylic oxidation sites excluding steroid dienone is 8. The predicted octanol–water partition coefficient (Wildman–Crippen LogP) is 1.69. The van der Waals surface area contributed by atoms with Crippen LogP contribution in [0, 0.1) is 11.3 Å². The molecule has 3 aliphatic rings. The predicted molar refractivity (Wildman–Crippen MR) is 164 cm³/mol. The Morgan fingerprint density at radius 3 is 2.05 bits per heavy atom. The molecule has 0 fully saturated rings. The fourth-order valence-electron chi connectivity index (χ4n) is 6.69. The largest absolute Gasteiger partial charge is 1.00 e. The zero-order chi connectivity index (χ0) is 27.0. The molecule has 0 bridgehead atoms. The van der Waals surface area contributed by atoms with Crippen molar-refractivity contribution in [3.05, 3.63) is 153 Å². The van der Waals surface area contributed by atoms with Gasteiger partial charge in [-0.3, -0.25) is 0 Å². The Morgan fingerprint density at radius 2 is 1.51 bits per heavy atom. The standard InChI is InChI=1S/C25H27.C13H10.2ClH.Zr/c1-5-18-11-12-21-20(15-18)16-23-22(21)13-14-25(6-2,17(3)4)24(23)19-9-7-8-10-19;1-3-7-12(8-4-1)11-13-9-5-2-6-10-13;;;/h7-9,11-15,17H,5-6,10H2,1-4H3;1-10H;2*1H;/q;;;;+2/p-2. The van der Waals surface area contributed by atoms with E-state index < -0.39 is 22.8 Å². The van der Waals surface area contributed by atoms with Gasteiger partial charge in [-0.05, 0) is 0 Å². The van der Waals surface area contributed by atoms with Crippen LogP contribution in [0.4, 0.5) is 0 Å². The number of halogens is 2. The average Bonchev–Trinajstić information content (AvgIpc) is 3.62. The molecule has 0 aromatic heterocycles. The first-order valence-corrected chi connectivity index (χ1v) is 17.0. The maximum atomic E-state index is 2.56. The molecular formula is C38H37Cl2Zr. The molecule has 3 aromatic rings. The molecule has 0 nitrogen and oxygen atoms in total. The van der Waals surface area contributed by atoms with Crippen LogP contribution < -0.4 is 35.3 Å². The van der Waals surface area contributed by atoms with Crippen molar-refractivity contribution in [3.8, 4) is 0 Å². The summed E-state index contributed by atoms with van der Waals surface area (Å²) in [5.74, 6) is 0.526. The smallest absolute Gasteiger partial charge is 1.00 e. The fraction of sp³-hybridized carbons (Fsp3) is 0.237. The van der Waals surface area contributed by atoms with Crippen LogP contribution in [0.3, 0.4) is 0 Å². The molecule has 41 heavy (non-hydrogen) atoms. The Kier molecular flexibility index (Phi) is 10.3. The molecule has 6 rings (SSSR count). The summed E-state index contributed by atoms with van der Waals surface area (Å²) in [7, 11) is 0. The van der Waals surface area contributed by atoms with E-state index in [-0.39, 0.29) is 30.2 Å². The third kappa shape index (κ3) is 5.59. The Bertz CT molecular complexity index is 1660. The molecule has 0 heterocycles. The maximum absolute atomic E-state index is 2.56. The van der Waals surface area contributed by atoms with E-state index in [0.29, 0.717) is 5.92 Å². The molecule has 3 aromatic carbocycles. The van der Waals surface area contributed by atoms with Gasteiger partial charge in [0.1, 0.15) is 0 Å². The number of hydrogen-bond acceptors (Lipinski definition) is 0. The number of rotatable bonds is 7. The van der Waals surface area contributed by atoms with Crippen LogP contribution >= 0.6 is 0 Å². The molecule has 0 saturated heterocycles. The molecule has 3 aliphatic carbocycles. The molecule has 0 spiro atoms. The third-order valence-corrected chi connectivity index (χ3v) is 12.8. The second-order valence-electron chi connectivity index (χ2n) is 11.2. The van der Waals surface area contributed by atoms with Gasteiger partial charge in [0.2, 0.25) is 0 Å². The fourth-order valence-corrected chi connectivity index (χ4v) is 10.6. The molecule has 1 atom stereocenters. The molecule has 0 aliphatic heterocycles. The summed E-state index contributed by atoms with van der Waals surface area (Å²) < 4.78 is 3.22. The monoisotopic (exact) mass is 653 g/mol. The van der Waals surface area contributed by atoms with Crippen LogP contribution in [0.15, 0.2) is 126 Å². The van der Waals surface area contributed by atoms with Crippen molar-refractivity contribution in [2.45, 2.75) is 47.0 Å². The molecule has 3 heteroatoms. The van der Waals surface area contributed by atoms with Gasteiger partial charge >= 0.3 is 246 Å². The van der Waals surface area contributed by atoms with Crippen LogP contribution in [0.2, 0.25) is 0 Å². The molecule has 0 amide bonds. The minimum absolute atomic E-state index is 0. The summed E-state index contributed by atoms with van der Waals surface area (Å²) in [6, 6.07) is 29.6. The quantitative estimate of drug-likeness (QED) is 0.364. The van der Waals surface area contributed by atoms with Gasteiger partial charge in [0.15, 0.2) is 0 Å². The first kappa shape index (κ1) is 31.6. The number of aryl methyl sites for hydroxylation is 1. The first-order chi connectivity index (χ1) is 19.1. The summed E-state index contributed by atoms with van der Waals surface area (Å²) >= 11 is -1.25. The summed E-state index contributed by atoms with van der Waals surface area (Å²) in [5, 5.41) is 2.94. The van der Waals surface area contributed by atoms with Gasteiger partial charge in [0.25, 0.3) is 0 Å². The Morgan fingerprint density at radius 1 is 0.854 bits per heavy atom. The van der Waals surface area contributed by atoms with E-state index in [2.05, 4.69) is 137 Å². The maximum Gasteiger partial charge on any atom is -1.00 e. The Hall–Kier alpha value is -2.31. The molecule has 1 unspecified atom stereocenters. The van der Waals surface area contributed by atoms with Crippen molar-refractivity contribution in [3.63, 3.8) is 0 Å². The molecule has 0 radical (unpaired) electrons. The topological polar surface area (TPSA) is 0 Å². The van der Waals surface area contributed by atoms with Gasteiger partial charge in [0.05, 0.1) is 0 Å². The van der Waals surface area contributed by atoms with E-state index in [1.54, 1.807) is 17.6 Å². The van der Waals surface area contributed by atoms with Crippen molar-refractivity contribution in [2.24, 2.45) is 11.3 Å². The molecular weight excluding hydrogens is 619 g/mol.